The summed E-state index contributed by atoms with van der Waals surface area (Å²) >= 11 is 0. The predicted molar refractivity (Wildman–Crippen MR) is 70.9 cm³/mol. The van der Waals surface area contributed by atoms with Gasteiger partial charge in [-0.25, -0.2) is 0 Å². The van der Waals surface area contributed by atoms with Gasteiger partial charge in [0.1, 0.15) is 0 Å². The highest BCUT2D eigenvalue weighted by atomic mass is 15.2. The number of hydrogen-bond donors (Lipinski definition) is 1. The molecule has 3 nitrogen and oxygen atoms in total. The second-order valence-corrected chi connectivity index (χ2v) is 4.83. The number of hydrogen-bond acceptors (Lipinski definition) is 3. The summed E-state index contributed by atoms with van der Waals surface area (Å²) in [5.41, 5.74) is 1.20. The average molecular weight is 233 g/mol. The molecule has 1 aromatic heterocycles. The molecule has 1 aliphatic rings. The lowest BCUT2D eigenvalue weighted by Gasteiger charge is -2.36. The van der Waals surface area contributed by atoms with Crippen molar-refractivity contribution < 1.29 is 0 Å². The van der Waals surface area contributed by atoms with Gasteiger partial charge in [-0.2, -0.15) is 0 Å². The van der Waals surface area contributed by atoms with E-state index in [1.54, 1.807) is 0 Å². The minimum atomic E-state index is 0.458. The van der Waals surface area contributed by atoms with E-state index in [0.29, 0.717) is 12.1 Å². The lowest BCUT2D eigenvalue weighted by atomic mass is 10.0. The minimum absolute atomic E-state index is 0.458. The lowest BCUT2D eigenvalue weighted by Crippen LogP contribution is -2.42. The lowest BCUT2D eigenvalue weighted by molar-refractivity contribution is 0.136. The zero-order valence-corrected chi connectivity index (χ0v) is 10.9. The van der Waals surface area contributed by atoms with Crippen LogP contribution in [0.25, 0.3) is 0 Å². The van der Waals surface area contributed by atoms with Crippen LogP contribution < -0.4 is 5.32 Å². The molecule has 1 aromatic rings. The maximum absolute atomic E-state index is 4.51. The van der Waals surface area contributed by atoms with Crippen LogP contribution in [-0.4, -0.2) is 36.1 Å². The quantitative estimate of drug-likeness (QED) is 0.864. The van der Waals surface area contributed by atoms with Gasteiger partial charge < -0.3 is 5.32 Å². The van der Waals surface area contributed by atoms with Crippen LogP contribution in [0.2, 0.25) is 0 Å². The van der Waals surface area contributed by atoms with Crippen molar-refractivity contribution in [2.45, 2.75) is 38.3 Å². The van der Waals surface area contributed by atoms with E-state index in [2.05, 4.69) is 41.3 Å². The molecule has 3 heteroatoms. The molecule has 2 rings (SSSR count). The number of rotatable bonds is 4. The molecule has 17 heavy (non-hydrogen) atoms. The predicted octanol–water partition coefficient (Wildman–Crippen LogP) is 2.22. The van der Waals surface area contributed by atoms with E-state index in [9.17, 15) is 0 Å². The first-order valence-corrected chi connectivity index (χ1v) is 6.66. The Morgan fingerprint density at radius 3 is 2.76 bits per heavy atom. The molecule has 1 atom stereocenters. The van der Waals surface area contributed by atoms with Crippen molar-refractivity contribution in [1.82, 2.24) is 15.2 Å². The van der Waals surface area contributed by atoms with Gasteiger partial charge in [-0.15, -0.1) is 0 Å². The van der Waals surface area contributed by atoms with Crippen molar-refractivity contribution in [3.63, 3.8) is 0 Å². The molecule has 0 aromatic carbocycles. The number of aromatic nitrogens is 1. The molecule has 0 spiro atoms. The molecule has 0 bridgehead atoms. The van der Waals surface area contributed by atoms with Gasteiger partial charge in [0.25, 0.3) is 0 Å². The molecule has 0 saturated carbocycles. The summed E-state index contributed by atoms with van der Waals surface area (Å²) in [5.74, 6) is 0. The molecule has 1 unspecified atom stereocenters. The van der Waals surface area contributed by atoms with Crippen molar-refractivity contribution in [2.75, 3.05) is 20.1 Å². The van der Waals surface area contributed by atoms with Gasteiger partial charge in [0.15, 0.2) is 0 Å². The molecule has 1 saturated heterocycles. The van der Waals surface area contributed by atoms with Crippen LogP contribution in [0.4, 0.5) is 0 Å². The van der Waals surface area contributed by atoms with Crippen molar-refractivity contribution in [3.8, 4) is 0 Å². The normalized spacial score (nSPS) is 19.5. The van der Waals surface area contributed by atoms with Crippen molar-refractivity contribution in [1.29, 1.82) is 0 Å². The standard InChI is InChI=1S/C14H23N3/c1-3-14(13-6-4-5-9-16-13)17(2)12-7-10-15-11-8-12/h4-6,9,12,14-15H,3,7-8,10-11H2,1-2H3. The van der Waals surface area contributed by atoms with Crippen LogP contribution in [-0.2, 0) is 0 Å². The van der Waals surface area contributed by atoms with E-state index in [1.807, 2.05) is 12.3 Å². The van der Waals surface area contributed by atoms with E-state index >= 15 is 0 Å². The Labute approximate surface area is 104 Å². The molecule has 0 radical (unpaired) electrons. The second-order valence-electron chi connectivity index (χ2n) is 4.83. The Bertz CT molecular complexity index is 319. The molecule has 1 N–H and O–H groups in total. The number of nitrogens with zero attached hydrogens (tertiary/aromatic N) is 2. The highest BCUT2D eigenvalue weighted by Gasteiger charge is 2.24. The minimum Gasteiger partial charge on any atom is -0.317 e. The van der Waals surface area contributed by atoms with Crippen LogP contribution in [0, 0.1) is 0 Å². The third-order valence-electron chi connectivity index (χ3n) is 3.79. The smallest absolute Gasteiger partial charge is 0.0575 e. The summed E-state index contributed by atoms with van der Waals surface area (Å²) < 4.78 is 0. The maximum atomic E-state index is 4.51. The zero-order chi connectivity index (χ0) is 12.1. The van der Waals surface area contributed by atoms with Crippen LogP contribution in [0.15, 0.2) is 24.4 Å². The Balaban J connectivity index is 2.07. The Morgan fingerprint density at radius 1 is 1.41 bits per heavy atom. The first kappa shape index (κ1) is 12.5. The third-order valence-corrected chi connectivity index (χ3v) is 3.79. The van der Waals surface area contributed by atoms with Gasteiger partial charge in [-0.05, 0) is 51.5 Å². The second kappa shape index (κ2) is 6.12. The fourth-order valence-electron chi connectivity index (χ4n) is 2.75. The van der Waals surface area contributed by atoms with E-state index in [1.165, 1.54) is 18.5 Å². The average Bonchev–Trinajstić information content (AvgIpc) is 2.42. The molecule has 2 heterocycles. The summed E-state index contributed by atoms with van der Waals surface area (Å²) in [6, 6.07) is 7.37. The molecule has 1 fully saturated rings. The van der Waals surface area contributed by atoms with Crippen LogP contribution in [0.1, 0.15) is 37.9 Å². The van der Waals surface area contributed by atoms with Crippen molar-refractivity contribution in [2.24, 2.45) is 0 Å². The molecular formula is C14H23N3. The summed E-state index contributed by atoms with van der Waals surface area (Å²) in [6.07, 6.45) is 5.52. The molecular weight excluding hydrogens is 210 g/mol. The Kier molecular flexibility index (Phi) is 4.51. The van der Waals surface area contributed by atoms with Gasteiger partial charge in [-0.1, -0.05) is 13.0 Å². The zero-order valence-electron chi connectivity index (χ0n) is 10.9. The van der Waals surface area contributed by atoms with Gasteiger partial charge in [0.05, 0.1) is 11.7 Å². The van der Waals surface area contributed by atoms with Gasteiger partial charge in [-0.3, -0.25) is 9.88 Å². The summed E-state index contributed by atoms with van der Waals surface area (Å²) in [4.78, 5) is 7.03. The molecule has 94 valence electrons. The fraction of sp³-hybridized carbons (Fsp3) is 0.643. The van der Waals surface area contributed by atoms with E-state index in [0.717, 1.165) is 19.5 Å². The summed E-state index contributed by atoms with van der Waals surface area (Å²) in [6.45, 7) is 4.54. The van der Waals surface area contributed by atoms with Gasteiger partial charge in [0.2, 0.25) is 0 Å². The van der Waals surface area contributed by atoms with Gasteiger partial charge >= 0.3 is 0 Å². The topological polar surface area (TPSA) is 28.2 Å². The summed E-state index contributed by atoms with van der Waals surface area (Å²) in [5, 5.41) is 3.42. The van der Waals surface area contributed by atoms with Crippen LogP contribution in [0.3, 0.4) is 0 Å². The molecule has 0 amide bonds. The first-order valence-electron chi connectivity index (χ1n) is 6.66. The SMILES string of the molecule is CCC(c1ccccn1)N(C)C1CCNCC1. The Hall–Kier alpha value is -0.930. The van der Waals surface area contributed by atoms with Gasteiger partial charge in [0, 0.05) is 12.2 Å². The highest BCUT2D eigenvalue weighted by molar-refractivity contribution is 5.09. The fourth-order valence-corrected chi connectivity index (χ4v) is 2.75. The van der Waals surface area contributed by atoms with E-state index < -0.39 is 0 Å². The molecule has 0 aliphatic carbocycles. The number of pyridine rings is 1. The largest absolute Gasteiger partial charge is 0.317 e. The maximum Gasteiger partial charge on any atom is 0.0575 e. The first-order chi connectivity index (χ1) is 8.33. The third kappa shape index (κ3) is 3.05. The van der Waals surface area contributed by atoms with Crippen molar-refractivity contribution >= 4 is 0 Å². The van der Waals surface area contributed by atoms with Crippen molar-refractivity contribution in [3.05, 3.63) is 30.1 Å². The number of piperidine rings is 1. The summed E-state index contributed by atoms with van der Waals surface area (Å²) in [7, 11) is 2.25. The van der Waals surface area contributed by atoms with E-state index in [-0.39, 0.29) is 0 Å². The number of nitrogens with one attached hydrogen (secondary N) is 1. The molecule has 1 aliphatic heterocycles. The monoisotopic (exact) mass is 233 g/mol. The van der Waals surface area contributed by atoms with Crippen LogP contribution >= 0.6 is 0 Å². The van der Waals surface area contributed by atoms with Crippen LogP contribution in [0.5, 0.6) is 0 Å². The Morgan fingerprint density at radius 2 is 2.18 bits per heavy atom. The highest BCUT2D eigenvalue weighted by Crippen LogP contribution is 2.25. The van der Waals surface area contributed by atoms with E-state index in [4.69, 9.17) is 0 Å².